The molecule has 4 rings (SSSR count). The Kier molecular flexibility index (Phi) is 5.58. The van der Waals surface area contributed by atoms with Crippen LogP contribution in [0.2, 0.25) is 0 Å². The van der Waals surface area contributed by atoms with Gasteiger partial charge in [0.25, 0.3) is 5.91 Å². The zero-order valence-corrected chi connectivity index (χ0v) is 17.0. The van der Waals surface area contributed by atoms with Crippen LogP contribution in [0, 0.1) is 5.82 Å². The lowest BCUT2D eigenvalue weighted by Gasteiger charge is -2.25. The maximum atomic E-state index is 13.2. The molecule has 6 nitrogen and oxygen atoms in total. The van der Waals surface area contributed by atoms with Gasteiger partial charge in [0.05, 0.1) is 25.5 Å². The molecule has 1 N–H and O–H groups in total. The van der Waals surface area contributed by atoms with Crippen LogP contribution in [-0.4, -0.2) is 26.1 Å². The Bertz CT molecular complexity index is 1140. The van der Waals surface area contributed by atoms with Gasteiger partial charge in [-0.25, -0.2) is 9.18 Å². The topological polar surface area (TPSA) is 73.9 Å². The molecule has 0 radical (unpaired) electrons. The van der Waals surface area contributed by atoms with E-state index >= 15 is 0 Å². The fourth-order valence-corrected chi connectivity index (χ4v) is 3.50. The van der Waals surface area contributed by atoms with E-state index in [4.69, 9.17) is 14.2 Å². The van der Waals surface area contributed by atoms with Crippen LogP contribution in [0.25, 0.3) is 0 Å². The summed E-state index contributed by atoms with van der Waals surface area (Å²) < 4.78 is 29.2. The van der Waals surface area contributed by atoms with Crippen molar-refractivity contribution in [3.05, 3.63) is 88.7 Å². The molecule has 1 aliphatic heterocycles. The van der Waals surface area contributed by atoms with Gasteiger partial charge in [-0.2, -0.15) is 0 Å². The van der Waals surface area contributed by atoms with Crippen molar-refractivity contribution in [2.75, 3.05) is 19.5 Å². The highest BCUT2D eigenvalue weighted by atomic mass is 19.1. The number of anilines is 1. The van der Waals surface area contributed by atoms with Crippen LogP contribution < -0.4 is 14.8 Å². The SMILES string of the molecule is COc1ccc(NC(=O)c2ccc3c(c2)C[C@@H](c2ccc(F)cc2)OC3=O)c(OC)c1. The van der Waals surface area contributed by atoms with E-state index in [9.17, 15) is 14.0 Å². The van der Waals surface area contributed by atoms with Crippen molar-refractivity contribution in [3.63, 3.8) is 0 Å². The van der Waals surface area contributed by atoms with Gasteiger partial charge in [-0.3, -0.25) is 4.79 Å². The highest BCUT2D eigenvalue weighted by Gasteiger charge is 2.28. The van der Waals surface area contributed by atoms with Gasteiger partial charge in [-0.05, 0) is 53.6 Å². The molecule has 0 saturated carbocycles. The Balaban J connectivity index is 1.58. The Morgan fingerprint density at radius 3 is 2.52 bits per heavy atom. The molecule has 158 valence electrons. The number of halogens is 1. The minimum Gasteiger partial charge on any atom is -0.497 e. The molecular weight excluding hydrogens is 401 g/mol. The van der Waals surface area contributed by atoms with Crippen molar-refractivity contribution >= 4 is 17.6 Å². The molecule has 0 saturated heterocycles. The number of carbonyl (C=O) groups is 2. The molecule has 0 aromatic heterocycles. The summed E-state index contributed by atoms with van der Waals surface area (Å²) in [4.78, 5) is 25.3. The second kappa shape index (κ2) is 8.47. The maximum Gasteiger partial charge on any atom is 0.339 e. The zero-order valence-electron chi connectivity index (χ0n) is 17.0. The molecule has 0 bridgehead atoms. The minimum atomic E-state index is -0.541. The van der Waals surface area contributed by atoms with Gasteiger partial charge in [-0.15, -0.1) is 0 Å². The van der Waals surface area contributed by atoms with Crippen LogP contribution in [0.1, 0.15) is 37.9 Å². The van der Waals surface area contributed by atoms with Crippen LogP contribution >= 0.6 is 0 Å². The quantitative estimate of drug-likeness (QED) is 0.612. The lowest BCUT2D eigenvalue weighted by atomic mass is 9.93. The summed E-state index contributed by atoms with van der Waals surface area (Å²) in [5.74, 6) is -0.110. The van der Waals surface area contributed by atoms with E-state index in [1.807, 2.05) is 0 Å². The second-order valence-electron chi connectivity index (χ2n) is 7.04. The number of hydrogen-bond donors (Lipinski definition) is 1. The van der Waals surface area contributed by atoms with Gasteiger partial charge in [0, 0.05) is 18.1 Å². The van der Waals surface area contributed by atoms with Crippen LogP contribution in [0.3, 0.4) is 0 Å². The molecular formula is C24H20FNO5. The number of rotatable bonds is 5. The standard InChI is InChI=1S/C24H20FNO5/c1-29-18-8-10-20(22(13-18)30-2)26-23(27)15-5-9-19-16(11-15)12-21(31-24(19)28)14-3-6-17(25)7-4-14/h3-11,13,21H,12H2,1-2H3,(H,26,27)/t21-/m0/s1. The summed E-state index contributed by atoms with van der Waals surface area (Å²) in [6.45, 7) is 0. The molecule has 3 aromatic rings. The third-order valence-electron chi connectivity index (χ3n) is 5.14. The number of amides is 1. The second-order valence-corrected chi connectivity index (χ2v) is 7.04. The van der Waals surface area contributed by atoms with Crippen molar-refractivity contribution in [2.24, 2.45) is 0 Å². The Labute approximate surface area is 178 Å². The fourth-order valence-electron chi connectivity index (χ4n) is 3.50. The number of hydrogen-bond acceptors (Lipinski definition) is 5. The average Bonchev–Trinajstić information content (AvgIpc) is 2.79. The zero-order chi connectivity index (χ0) is 22.0. The average molecular weight is 421 g/mol. The van der Waals surface area contributed by atoms with E-state index in [0.29, 0.717) is 45.9 Å². The summed E-state index contributed by atoms with van der Waals surface area (Å²) in [5, 5.41) is 2.82. The maximum absolute atomic E-state index is 13.2. The molecule has 1 atom stereocenters. The molecule has 0 fully saturated rings. The Hall–Kier alpha value is -3.87. The molecule has 1 heterocycles. The van der Waals surface area contributed by atoms with Crippen molar-refractivity contribution in [3.8, 4) is 11.5 Å². The van der Waals surface area contributed by atoms with Crippen molar-refractivity contribution in [1.29, 1.82) is 0 Å². The first kappa shape index (κ1) is 20.4. The van der Waals surface area contributed by atoms with E-state index < -0.39 is 12.1 Å². The first-order valence-corrected chi connectivity index (χ1v) is 9.61. The van der Waals surface area contributed by atoms with Crippen molar-refractivity contribution in [2.45, 2.75) is 12.5 Å². The summed E-state index contributed by atoms with van der Waals surface area (Å²) in [7, 11) is 3.05. The lowest BCUT2D eigenvalue weighted by molar-refractivity contribution is 0.0252. The number of cyclic esters (lactones) is 1. The molecule has 1 amide bonds. The largest absolute Gasteiger partial charge is 0.497 e. The van der Waals surface area contributed by atoms with Gasteiger partial charge >= 0.3 is 5.97 Å². The number of benzene rings is 3. The number of methoxy groups -OCH3 is 2. The van der Waals surface area contributed by atoms with E-state index in [0.717, 1.165) is 0 Å². The van der Waals surface area contributed by atoms with Gasteiger partial charge in [0.2, 0.25) is 0 Å². The number of carbonyl (C=O) groups excluding carboxylic acids is 2. The smallest absolute Gasteiger partial charge is 0.339 e. The molecule has 0 aliphatic carbocycles. The third kappa shape index (κ3) is 4.21. The molecule has 0 unspecified atom stereocenters. The predicted octanol–water partition coefficient (Wildman–Crippen LogP) is 4.55. The van der Waals surface area contributed by atoms with E-state index in [2.05, 4.69) is 5.32 Å². The van der Waals surface area contributed by atoms with Gasteiger partial charge < -0.3 is 19.5 Å². The number of fused-ring (bicyclic) bond motifs is 1. The molecule has 31 heavy (non-hydrogen) atoms. The number of esters is 1. The van der Waals surface area contributed by atoms with Gasteiger partial charge in [-0.1, -0.05) is 12.1 Å². The van der Waals surface area contributed by atoms with Crippen LogP contribution in [0.4, 0.5) is 10.1 Å². The van der Waals surface area contributed by atoms with Crippen LogP contribution in [0.5, 0.6) is 11.5 Å². The normalized spacial score (nSPS) is 14.9. The Morgan fingerprint density at radius 2 is 1.81 bits per heavy atom. The third-order valence-corrected chi connectivity index (χ3v) is 5.14. The first-order chi connectivity index (χ1) is 15.0. The Morgan fingerprint density at radius 1 is 1.03 bits per heavy atom. The van der Waals surface area contributed by atoms with Gasteiger partial charge in [0.1, 0.15) is 23.4 Å². The van der Waals surface area contributed by atoms with E-state index in [1.54, 1.807) is 55.6 Å². The molecule has 0 spiro atoms. The highest BCUT2D eigenvalue weighted by Crippen LogP contribution is 2.32. The van der Waals surface area contributed by atoms with Crippen molar-refractivity contribution < 1.29 is 28.2 Å². The minimum absolute atomic E-state index is 0.344. The summed E-state index contributed by atoms with van der Waals surface area (Å²) in [6, 6.07) is 15.7. The van der Waals surface area contributed by atoms with Crippen molar-refractivity contribution in [1.82, 2.24) is 0 Å². The monoisotopic (exact) mass is 421 g/mol. The number of ether oxygens (including phenoxy) is 3. The molecule has 1 aliphatic rings. The lowest BCUT2D eigenvalue weighted by Crippen LogP contribution is -2.23. The molecule has 7 heteroatoms. The first-order valence-electron chi connectivity index (χ1n) is 9.61. The van der Waals surface area contributed by atoms with Crippen LogP contribution in [-0.2, 0) is 11.2 Å². The molecule has 3 aromatic carbocycles. The van der Waals surface area contributed by atoms with E-state index in [1.165, 1.54) is 19.2 Å². The highest BCUT2D eigenvalue weighted by molar-refractivity contribution is 6.06. The fraction of sp³-hybridized carbons (Fsp3) is 0.167. The summed E-state index contributed by atoms with van der Waals surface area (Å²) >= 11 is 0. The summed E-state index contributed by atoms with van der Waals surface area (Å²) in [6.07, 6.45) is -0.153. The van der Waals surface area contributed by atoms with Crippen LogP contribution in [0.15, 0.2) is 60.7 Å². The van der Waals surface area contributed by atoms with Gasteiger partial charge in [0.15, 0.2) is 0 Å². The number of nitrogens with one attached hydrogen (secondary N) is 1. The summed E-state index contributed by atoms with van der Waals surface area (Å²) in [5.41, 5.74) is 2.69. The van der Waals surface area contributed by atoms with E-state index in [-0.39, 0.29) is 11.7 Å². The predicted molar refractivity (Wildman–Crippen MR) is 112 cm³/mol.